The van der Waals surface area contributed by atoms with Gasteiger partial charge in [0.2, 0.25) is 5.89 Å². The number of carbonyl (C=O) groups is 1. The average Bonchev–Trinajstić information content (AvgIpc) is 3.23. The van der Waals surface area contributed by atoms with Crippen LogP contribution in [0.3, 0.4) is 0 Å². The predicted molar refractivity (Wildman–Crippen MR) is 107 cm³/mol. The summed E-state index contributed by atoms with van der Waals surface area (Å²) in [6, 6.07) is 24.8. The molecule has 1 heterocycles. The number of para-hydroxylation sites is 1. The molecule has 0 saturated heterocycles. The normalized spacial score (nSPS) is 10.6. The monoisotopic (exact) mass is 370 g/mol. The van der Waals surface area contributed by atoms with Crippen molar-refractivity contribution in [2.75, 3.05) is 0 Å². The Morgan fingerprint density at radius 3 is 2.32 bits per heavy atom. The van der Waals surface area contributed by atoms with Gasteiger partial charge in [0.15, 0.2) is 5.69 Å². The number of carbonyl (C=O) groups excluding carboxylic acids is 1. The molecule has 0 aliphatic rings. The topological polar surface area (TPSA) is 75.4 Å². The lowest BCUT2D eigenvalue weighted by Crippen LogP contribution is -2.23. The summed E-state index contributed by atoms with van der Waals surface area (Å²) in [4.78, 5) is 16.5. The second kappa shape index (κ2) is 7.80. The highest BCUT2D eigenvalue weighted by Gasteiger charge is 2.15. The fourth-order valence-corrected chi connectivity index (χ4v) is 2.87. The number of hydrogen-bond donors (Lipinski definition) is 2. The SMILES string of the molecule is O=C(NCc1ccc(-c2ccccc2)cc1)c1coc(-c2ccccc2O)n1. The number of nitrogens with zero attached hydrogens (tertiary/aromatic N) is 1. The van der Waals surface area contributed by atoms with Gasteiger partial charge in [-0.2, -0.15) is 0 Å². The van der Waals surface area contributed by atoms with Gasteiger partial charge in [-0.3, -0.25) is 4.79 Å². The van der Waals surface area contributed by atoms with E-state index in [0.29, 0.717) is 12.1 Å². The Bertz CT molecular complexity index is 1090. The number of phenols is 1. The first kappa shape index (κ1) is 17.5. The van der Waals surface area contributed by atoms with Crippen LogP contribution < -0.4 is 5.32 Å². The number of aromatic nitrogens is 1. The van der Waals surface area contributed by atoms with Gasteiger partial charge in [-0.05, 0) is 28.8 Å². The number of amides is 1. The summed E-state index contributed by atoms with van der Waals surface area (Å²) in [5.41, 5.74) is 3.87. The van der Waals surface area contributed by atoms with E-state index in [9.17, 15) is 9.90 Å². The van der Waals surface area contributed by atoms with Gasteiger partial charge in [0.25, 0.3) is 5.91 Å². The Balaban J connectivity index is 1.40. The summed E-state index contributed by atoms with van der Waals surface area (Å²) in [7, 11) is 0. The molecule has 5 heteroatoms. The first-order valence-electron chi connectivity index (χ1n) is 8.87. The van der Waals surface area contributed by atoms with Crippen LogP contribution in [0.15, 0.2) is 89.5 Å². The van der Waals surface area contributed by atoms with Gasteiger partial charge in [0.05, 0.1) is 5.56 Å². The number of hydrogen-bond acceptors (Lipinski definition) is 4. The van der Waals surface area contributed by atoms with Crippen LogP contribution >= 0.6 is 0 Å². The second-order valence-electron chi connectivity index (χ2n) is 6.30. The number of nitrogens with one attached hydrogen (secondary N) is 1. The molecule has 28 heavy (non-hydrogen) atoms. The third-order valence-electron chi connectivity index (χ3n) is 4.39. The van der Waals surface area contributed by atoms with E-state index in [-0.39, 0.29) is 23.2 Å². The van der Waals surface area contributed by atoms with Gasteiger partial charge in [-0.15, -0.1) is 0 Å². The second-order valence-corrected chi connectivity index (χ2v) is 6.30. The van der Waals surface area contributed by atoms with Gasteiger partial charge in [-0.25, -0.2) is 4.98 Å². The lowest BCUT2D eigenvalue weighted by molar-refractivity contribution is 0.0946. The molecule has 2 N–H and O–H groups in total. The van der Waals surface area contributed by atoms with Crippen molar-refractivity contribution in [1.82, 2.24) is 10.3 Å². The molecule has 0 unspecified atom stereocenters. The van der Waals surface area contributed by atoms with Crippen LogP contribution in [-0.4, -0.2) is 16.0 Å². The van der Waals surface area contributed by atoms with Crippen molar-refractivity contribution in [3.63, 3.8) is 0 Å². The summed E-state index contributed by atoms with van der Waals surface area (Å²) in [5.74, 6) is -0.0807. The number of oxazole rings is 1. The lowest BCUT2D eigenvalue weighted by Gasteiger charge is -2.05. The van der Waals surface area contributed by atoms with E-state index < -0.39 is 0 Å². The lowest BCUT2D eigenvalue weighted by atomic mass is 10.0. The molecule has 0 bridgehead atoms. The first-order valence-corrected chi connectivity index (χ1v) is 8.87. The molecule has 5 nitrogen and oxygen atoms in total. The van der Waals surface area contributed by atoms with Gasteiger partial charge in [0.1, 0.15) is 12.0 Å². The third kappa shape index (κ3) is 3.78. The van der Waals surface area contributed by atoms with E-state index in [1.54, 1.807) is 24.3 Å². The van der Waals surface area contributed by atoms with Crippen LogP contribution in [0.25, 0.3) is 22.6 Å². The van der Waals surface area contributed by atoms with E-state index in [1.807, 2.05) is 42.5 Å². The Hall–Kier alpha value is -3.86. The minimum atomic E-state index is -0.336. The molecule has 0 atom stereocenters. The van der Waals surface area contributed by atoms with Gasteiger partial charge in [-0.1, -0.05) is 66.7 Å². The Labute approximate surface area is 162 Å². The summed E-state index contributed by atoms with van der Waals surface area (Å²) in [6.07, 6.45) is 1.29. The molecule has 0 aliphatic carbocycles. The standard InChI is InChI=1S/C23H18N2O3/c26-21-9-5-4-8-19(21)23-25-20(15-28-23)22(27)24-14-16-10-12-18(13-11-16)17-6-2-1-3-7-17/h1-13,15,26H,14H2,(H,24,27). The molecule has 3 aromatic carbocycles. The van der Waals surface area contributed by atoms with Crippen molar-refractivity contribution in [3.8, 4) is 28.3 Å². The molecular weight excluding hydrogens is 352 g/mol. The maximum Gasteiger partial charge on any atom is 0.273 e. The van der Waals surface area contributed by atoms with Crippen LogP contribution in [0.1, 0.15) is 16.1 Å². The van der Waals surface area contributed by atoms with E-state index in [4.69, 9.17) is 4.42 Å². The van der Waals surface area contributed by atoms with Crippen molar-refractivity contribution in [2.45, 2.75) is 6.54 Å². The summed E-state index contributed by atoms with van der Waals surface area (Å²) in [5, 5.41) is 12.7. The van der Waals surface area contributed by atoms with Crippen LogP contribution in [0.4, 0.5) is 0 Å². The molecule has 138 valence electrons. The van der Waals surface area contributed by atoms with Crippen molar-refractivity contribution < 1.29 is 14.3 Å². The highest BCUT2D eigenvalue weighted by molar-refractivity contribution is 5.92. The van der Waals surface area contributed by atoms with Crippen LogP contribution in [-0.2, 0) is 6.54 Å². The van der Waals surface area contributed by atoms with E-state index in [0.717, 1.165) is 16.7 Å². The third-order valence-corrected chi connectivity index (χ3v) is 4.39. The molecule has 4 aromatic rings. The zero-order valence-corrected chi connectivity index (χ0v) is 15.0. The summed E-state index contributed by atoms with van der Waals surface area (Å²) < 4.78 is 5.34. The minimum Gasteiger partial charge on any atom is -0.507 e. The molecular formula is C23H18N2O3. The predicted octanol–water partition coefficient (Wildman–Crippen LogP) is 4.64. The van der Waals surface area contributed by atoms with Crippen LogP contribution in [0.5, 0.6) is 5.75 Å². The van der Waals surface area contributed by atoms with Crippen molar-refractivity contribution in [1.29, 1.82) is 0 Å². The molecule has 0 radical (unpaired) electrons. The first-order chi connectivity index (χ1) is 13.7. The van der Waals surface area contributed by atoms with Crippen LogP contribution in [0, 0.1) is 0 Å². The zero-order chi connectivity index (χ0) is 19.3. The molecule has 0 aliphatic heterocycles. The van der Waals surface area contributed by atoms with E-state index >= 15 is 0 Å². The molecule has 0 saturated carbocycles. The number of aromatic hydroxyl groups is 1. The minimum absolute atomic E-state index is 0.0508. The van der Waals surface area contributed by atoms with Crippen molar-refractivity contribution in [2.24, 2.45) is 0 Å². The van der Waals surface area contributed by atoms with E-state index in [2.05, 4.69) is 22.4 Å². The molecule has 0 fully saturated rings. The van der Waals surface area contributed by atoms with E-state index in [1.165, 1.54) is 6.26 Å². The van der Waals surface area contributed by atoms with Crippen molar-refractivity contribution in [3.05, 3.63) is 96.4 Å². The number of benzene rings is 3. The van der Waals surface area contributed by atoms with Gasteiger partial charge < -0.3 is 14.8 Å². The van der Waals surface area contributed by atoms with Crippen molar-refractivity contribution >= 4 is 5.91 Å². The number of rotatable bonds is 5. The fraction of sp³-hybridized carbons (Fsp3) is 0.0435. The largest absolute Gasteiger partial charge is 0.507 e. The highest BCUT2D eigenvalue weighted by atomic mass is 16.3. The fourth-order valence-electron chi connectivity index (χ4n) is 2.87. The number of phenolic OH excluding ortho intramolecular Hbond substituents is 1. The molecule has 1 amide bonds. The Morgan fingerprint density at radius 1 is 0.893 bits per heavy atom. The zero-order valence-electron chi connectivity index (χ0n) is 15.0. The smallest absolute Gasteiger partial charge is 0.273 e. The Kier molecular flexibility index (Phi) is 4.89. The Morgan fingerprint density at radius 2 is 1.57 bits per heavy atom. The maximum absolute atomic E-state index is 12.3. The molecule has 0 spiro atoms. The highest BCUT2D eigenvalue weighted by Crippen LogP contribution is 2.27. The average molecular weight is 370 g/mol. The molecule has 1 aromatic heterocycles. The van der Waals surface area contributed by atoms with Gasteiger partial charge >= 0.3 is 0 Å². The quantitative estimate of drug-likeness (QED) is 0.536. The van der Waals surface area contributed by atoms with Crippen LogP contribution in [0.2, 0.25) is 0 Å². The maximum atomic E-state index is 12.3. The molecule has 4 rings (SSSR count). The van der Waals surface area contributed by atoms with Gasteiger partial charge in [0, 0.05) is 6.54 Å². The summed E-state index contributed by atoms with van der Waals surface area (Å²) in [6.45, 7) is 0.382. The summed E-state index contributed by atoms with van der Waals surface area (Å²) >= 11 is 0.